The van der Waals surface area contributed by atoms with Gasteiger partial charge in [-0.2, -0.15) is 0 Å². The Hall–Kier alpha value is -4.56. The molecule has 4 rings (SSSR count). The lowest BCUT2D eigenvalue weighted by molar-refractivity contribution is -0.142. The number of benzene rings is 2. The van der Waals surface area contributed by atoms with Gasteiger partial charge in [0.25, 0.3) is 24.8 Å². The summed E-state index contributed by atoms with van der Waals surface area (Å²) in [5.74, 6) is -1.04. The van der Waals surface area contributed by atoms with Crippen LogP contribution in [0.25, 0.3) is 0 Å². The van der Waals surface area contributed by atoms with Crippen molar-refractivity contribution in [3.63, 3.8) is 0 Å². The number of unbranched alkanes of at least 4 members (excludes halogenated alkanes) is 1. The lowest BCUT2D eigenvalue weighted by Crippen LogP contribution is -2.23. The third-order valence-corrected chi connectivity index (χ3v) is 7.29. The highest BCUT2D eigenvalue weighted by Gasteiger charge is 2.24. The fourth-order valence-corrected chi connectivity index (χ4v) is 5.22. The van der Waals surface area contributed by atoms with Crippen molar-refractivity contribution in [2.75, 3.05) is 10.6 Å². The minimum Gasteiger partial charge on any atom is -0.449 e. The SMILES string of the molecule is O=COC(C(=O)Nc1nnc(CCCCc2nnc(NC(=O)C(OC=O)c3ccccc3)s2)s1)c1ccccc1. The maximum atomic E-state index is 12.6. The van der Waals surface area contributed by atoms with Crippen molar-refractivity contribution >= 4 is 57.7 Å². The van der Waals surface area contributed by atoms with Crippen LogP contribution in [0.15, 0.2) is 60.7 Å². The minimum absolute atomic E-state index is 0.237. The predicted octanol–water partition coefficient (Wildman–Crippen LogP) is 3.66. The number of aromatic nitrogens is 4. The number of hydrogen-bond donors (Lipinski definition) is 2. The fraction of sp³-hybridized carbons (Fsp3) is 0.231. The molecule has 0 fully saturated rings. The van der Waals surface area contributed by atoms with Crippen LogP contribution in [0.4, 0.5) is 10.3 Å². The Kier molecular flexibility index (Phi) is 10.4. The second kappa shape index (κ2) is 14.6. The minimum atomic E-state index is -1.09. The van der Waals surface area contributed by atoms with Gasteiger partial charge in [0.15, 0.2) is 0 Å². The van der Waals surface area contributed by atoms with Gasteiger partial charge in [-0.3, -0.25) is 29.8 Å². The molecule has 12 nitrogen and oxygen atoms in total. The van der Waals surface area contributed by atoms with Crippen LogP contribution in [0.3, 0.4) is 0 Å². The molecule has 0 aliphatic heterocycles. The number of aryl methyl sites for hydroxylation is 2. The van der Waals surface area contributed by atoms with E-state index in [4.69, 9.17) is 9.47 Å². The molecule has 4 aromatic rings. The molecule has 206 valence electrons. The first kappa shape index (κ1) is 28.4. The smallest absolute Gasteiger partial charge is 0.294 e. The molecule has 0 bridgehead atoms. The van der Waals surface area contributed by atoms with Gasteiger partial charge in [-0.25, -0.2) is 0 Å². The molecule has 2 heterocycles. The highest BCUT2D eigenvalue weighted by Crippen LogP contribution is 2.24. The van der Waals surface area contributed by atoms with E-state index in [1.54, 1.807) is 60.7 Å². The zero-order chi connectivity index (χ0) is 28.2. The van der Waals surface area contributed by atoms with Gasteiger partial charge in [0.05, 0.1) is 0 Å². The fourth-order valence-electron chi connectivity index (χ4n) is 3.65. The normalized spacial score (nSPS) is 12.1. The third kappa shape index (κ3) is 7.97. The van der Waals surface area contributed by atoms with Crippen LogP contribution in [0.5, 0.6) is 0 Å². The molecule has 2 unspecified atom stereocenters. The molecule has 0 spiro atoms. The Morgan fingerprint density at radius 3 is 1.45 bits per heavy atom. The predicted molar refractivity (Wildman–Crippen MR) is 146 cm³/mol. The van der Waals surface area contributed by atoms with Crippen LogP contribution in [0.2, 0.25) is 0 Å². The highest BCUT2D eigenvalue weighted by atomic mass is 32.1. The maximum Gasteiger partial charge on any atom is 0.294 e. The molecule has 2 amide bonds. The Labute approximate surface area is 236 Å². The number of nitrogens with one attached hydrogen (secondary N) is 2. The van der Waals surface area contributed by atoms with Gasteiger partial charge in [0, 0.05) is 24.0 Å². The number of ether oxygens (including phenoxy) is 2. The summed E-state index contributed by atoms with van der Waals surface area (Å²) in [5, 5.41) is 23.7. The molecular weight excluding hydrogens is 556 g/mol. The van der Waals surface area contributed by atoms with Crippen LogP contribution in [-0.4, -0.2) is 45.2 Å². The summed E-state index contributed by atoms with van der Waals surface area (Å²) < 4.78 is 9.93. The van der Waals surface area contributed by atoms with Gasteiger partial charge in [0.1, 0.15) is 10.0 Å². The molecule has 2 aromatic heterocycles. The first-order valence-electron chi connectivity index (χ1n) is 12.1. The van der Waals surface area contributed by atoms with E-state index in [1.165, 1.54) is 22.7 Å². The zero-order valence-corrected chi connectivity index (χ0v) is 22.6. The first-order chi connectivity index (χ1) is 19.6. The molecule has 0 saturated carbocycles. The highest BCUT2D eigenvalue weighted by molar-refractivity contribution is 7.15. The van der Waals surface area contributed by atoms with Crippen molar-refractivity contribution in [3.8, 4) is 0 Å². The number of rotatable bonds is 15. The first-order valence-corrected chi connectivity index (χ1v) is 13.7. The van der Waals surface area contributed by atoms with E-state index in [9.17, 15) is 19.2 Å². The lowest BCUT2D eigenvalue weighted by Gasteiger charge is -2.13. The molecule has 0 radical (unpaired) electrons. The second-order valence-corrected chi connectivity index (χ2v) is 10.4. The van der Waals surface area contributed by atoms with Gasteiger partial charge >= 0.3 is 0 Å². The van der Waals surface area contributed by atoms with Crippen LogP contribution in [-0.2, 0) is 41.5 Å². The summed E-state index contributed by atoms with van der Waals surface area (Å²) >= 11 is 2.49. The van der Waals surface area contributed by atoms with Crippen molar-refractivity contribution in [3.05, 3.63) is 81.8 Å². The average Bonchev–Trinajstić information content (AvgIpc) is 3.62. The molecule has 40 heavy (non-hydrogen) atoms. The number of hydrogen-bond acceptors (Lipinski definition) is 12. The van der Waals surface area contributed by atoms with E-state index in [0.717, 1.165) is 22.9 Å². The summed E-state index contributed by atoms with van der Waals surface area (Å²) in [5.41, 5.74) is 1.09. The molecule has 2 aromatic carbocycles. The largest absolute Gasteiger partial charge is 0.449 e. The molecule has 2 atom stereocenters. The summed E-state index contributed by atoms with van der Waals surface area (Å²) in [6, 6.07) is 17.4. The van der Waals surface area contributed by atoms with E-state index in [2.05, 4.69) is 31.0 Å². The molecule has 2 N–H and O–H groups in total. The topological polar surface area (TPSA) is 162 Å². The van der Waals surface area contributed by atoms with Gasteiger partial charge in [-0.05, 0) is 12.8 Å². The van der Waals surface area contributed by atoms with Crippen molar-refractivity contribution in [1.82, 2.24) is 20.4 Å². The number of amides is 2. The monoisotopic (exact) mass is 580 g/mol. The number of carbonyl (C=O) groups is 4. The molecular formula is C26H24N6O6S2. The Balaban J connectivity index is 1.22. The third-order valence-electron chi connectivity index (χ3n) is 5.49. The quantitative estimate of drug-likeness (QED) is 0.157. The van der Waals surface area contributed by atoms with Crippen LogP contribution < -0.4 is 10.6 Å². The van der Waals surface area contributed by atoms with Gasteiger partial charge in [-0.1, -0.05) is 83.3 Å². The van der Waals surface area contributed by atoms with Crippen molar-refractivity contribution in [1.29, 1.82) is 0 Å². The molecule has 0 saturated heterocycles. The van der Waals surface area contributed by atoms with E-state index >= 15 is 0 Å². The van der Waals surface area contributed by atoms with Crippen molar-refractivity contribution in [2.45, 2.75) is 37.9 Å². The molecule has 14 heteroatoms. The lowest BCUT2D eigenvalue weighted by atomic mass is 10.1. The summed E-state index contributed by atoms with van der Waals surface area (Å²) in [7, 11) is 0. The number of nitrogens with zero attached hydrogens (tertiary/aromatic N) is 4. The standard InChI is InChI=1S/C26H24N6O6S2/c33-15-37-21(17-9-3-1-4-10-17)23(35)27-25-31-29-19(39-25)13-7-8-14-20-30-32-26(40-20)28-24(36)22(38-16-34)18-11-5-2-6-12-18/h1-6,9-12,15-16,21-22H,7-8,13-14H2,(H,27,31,35)(H,28,32,36). The summed E-state index contributed by atoms with van der Waals surface area (Å²) in [6.07, 6.45) is 0.681. The summed E-state index contributed by atoms with van der Waals surface area (Å²) in [6.45, 7) is 0.475. The van der Waals surface area contributed by atoms with E-state index in [1.807, 2.05) is 0 Å². The van der Waals surface area contributed by atoms with E-state index in [0.29, 0.717) is 34.2 Å². The van der Waals surface area contributed by atoms with E-state index < -0.39 is 24.0 Å². The van der Waals surface area contributed by atoms with Gasteiger partial charge in [0.2, 0.25) is 22.5 Å². The Morgan fingerprint density at radius 1 is 0.675 bits per heavy atom. The van der Waals surface area contributed by atoms with Crippen molar-refractivity contribution < 1.29 is 28.7 Å². The number of anilines is 2. The summed E-state index contributed by atoms with van der Waals surface area (Å²) in [4.78, 5) is 47.0. The van der Waals surface area contributed by atoms with Crippen molar-refractivity contribution in [2.24, 2.45) is 0 Å². The van der Waals surface area contributed by atoms with E-state index in [-0.39, 0.29) is 12.9 Å². The van der Waals surface area contributed by atoms with Gasteiger partial charge < -0.3 is 9.47 Å². The maximum absolute atomic E-state index is 12.6. The molecule has 0 aliphatic carbocycles. The van der Waals surface area contributed by atoms with Gasteiger partial charge in [-0.15, -0.1) is 20.4 Å². The van der Waals surface area contributed by atoms with Crippen LogP contribution in [0.1, 0.15) is 46.2 Å². The molecule has 0 aliphatic rings. The second-order valence-electron chi connectivity index (χ2n) is 8.23. The Morgan fingerprint density at radius 2 is 1.07 bits per heavy atom. The number of carbonyl (C=O) groups excluding carboxylic acids is 4. The average molecular weight is 581 g/mol. The van der Waals surface area contributed by atoms with Crippen LogP contribution in [0, 0.1) is 0 Å². The van der Waals surface area contributed by atoms with Crippen LogP contribution >= 0.6 is 22.7 Å². The Bertz CT molecular complexity index is 1310. The zero-order valence-electron chi connectivity index (χ0n) is 21.0.